The molecule has 1 atom stereocenters. The van der Waals surface area contributed by atoms with Crippen LogP contribution < -0.4 is 5.32 Å². The first kappa shape index (κ1) is 14.5. The molecular formula is C14H19N3O3. The Hall–Kier alpha value is -1.95. The molecule has 108 valence electrons. The second-order valence-corrected chi connectivity index (χ2v) is 4.95. The summed E-state index contributed by atoms with van der Waals surface area (Å²) in [7, 11) is 1.63. The van der Waals surface area contributed by atoms with Gasteiger partial charge in [-0.05, 0) is 25.8 Å². The van der Waals surface area contributed by atoms with Gasteiger partial charge in [0.2, 0.25) is 0 Å². The minimum atomic E-state index is -1.02. The van der Waals surface area contributed by atoms with E-state index in [1.54, 1.807) is 38.6 Å². The van der Waals surface area contributed by atoms with Gasteiger partial charge in [0.25, 0.3) is 5.91 Å². The summed E-state index contributed by atoms with van der Waals surface area (Å²) in [5.41, 5.74) is -0.329. The highest BCUT2D eigenvalue weighted by atomic mass is 16.5. The largest absolute Gasteiger partial charge is 0.385 e. The number of nitrogens with one attached hydrogen (secondary N) is 1. The maximum atomic E-state index is 12.5. The molecule has 1 saturated heterocycles. The molecule has 1 aromatic heterocycles. The highest BCUT2D eigenvalue weighted by molar-refractivity contribution is 6.07. The van der Waals surface area contributed by atoms with Gasteiger partial charge in [-0.3, -0.25) is 14.7 Å². The SMILES string of the molecule is COCCCCN1C(=O)N[C@@](C)(c2cccnc2)C1=O. The number of ether oxygens (including phenoxy) is 1. The van der Waals surface area contributed by atoms with Gasteiger partial charge in [0, 0.05) is 38.2 Å². The van der Waals surface area contributed by atoms with Crippen molar-refractivity contribution in [1.29, 1.82) is 0 Å². The number of imide groups is 1. The molecule has 0 aliphatic carbocycles. The van der Waals surface area contributed by atoms with Crippen molar-refractivity contribution in [2.45, 2.75) is 25.3 Å². The van der Waals surface area contributed by atoms with Crippen LogP contribution in [0.4, 0.5) is 4.79 Å². The summed E-state index contributed by atoms with van der Waals surface area (Å²) in [4.78, 5) is 29.7. The van der Waals surface area contributed by atoms with E-state index in [1.165, 1.54) is 4.90 Å². The maximum absolute atomic E-state index is 12.5. The first-order valence-corrected chi connectivity index (χ1v) is 6.63. The number of urea groups is 1. The van der Waals surface area contributed by atoms with Crippen LogP contribution in [0.25, 0.3) is 0 Å². The summed E-state index contributed by atoms with van der Waals surface area (Å²) in [6, 6.07) is 3.19. The maximum Gasteiger partial charge on any atom is 0.325 e. The molecule has 0 spiro atoms. The highest BCUT2D eigenvalue weighted by Gasteiger charge is 2.48. The Kier molecular flexibility index (Phi) is 4.34. The molecule has 1 aliphatic rings. The smallest absolute Gasteiger partial charge is 0.325 e. The Morgan fingerprint density at radius 3 is 2.85 bits per heavy atom. The Balaban J connectivity index is 2.08. The average Bonchev–Trinajstić information content (AvgIpc) is 2.68. The molecule has 0 bridgehead atoms. The van der Waals surface area contributed by atoms with Crippen molar-refractivity contribution >= 4 is 11.9 Å². The van der Waals surface area contributed by atoms with Crippen molar-refractivity contribution in [2.75, 3.05) is 20.3 Å². The number of pyridine rings is 1. The zero-order chi connectivity index (χ0) is 14.6. The molecule has 1 aromatic rings. The lowest BCUT2D eigenvalue weighted by molar-refractivity contribution is -0.131. The van der Waals surface area contributed by atoms with Gasteiger partial charge < -0.3 is 10.1 Å². The van der Waals surface area contributed by atoms with Crippen LogP contribution in [0.5, 0.6) is 0 Å². The zero-order valence-corrected chi connectivity index (χ0v) is 11.8. The number of hydrogen-bond acceptors (Lipinski definition) is 4. The van der Waals surface area contributed by atoms with E-state index in [9.17, 15) is 9.59 Å². The lowest BCUT2D eigenvalue weighted by atomic mass is 9.93. The Morgan fingerprint density at radius 1 is 1.40 bits per heavy atom. The number of rotatable bonds is 6. The summed E-state index contributed by atoms with van der Waals surface area (Å²) in [6.07, 6.45) is 4.79. The minimum absolute atomic E-state index is 0.229. The summed E-state index contributed by atoms with van der Waals surface area (Å²) in [5, 5.41) is 2.75. The molecule has 0 aromatic carbocycles. The topological polar surface area (TPSA) is 71.5 Å². The number of unbranched alkanes of at least 4 members (excludes halogenated alkanes) is 1. The normalized spacial score (nSPS) is 22.2. The molecular weight excluding hydrogens is 258 g/mol. The van der Waals surface area contributed by atoms with E-state index in [4.69, 9.17) is 4.74 Å². The summed E-state index contributed by atoms with van der Waals surface area (Å²) in [6.45, 7) is 2.74. The number of nitrogens with zero attached hydrogens (tertiary/aromatic N) is 2. The van der Waals surface area contributed by atoms with Gasteiger partial charge in [0.1, 0.15) is 5.54 Å². The van der Waals surface area contributed by atoms with Gasteiger partial charge >= 0.3 is 6.03 Å². The predicted molar refractivity (Wildman–Crippen MR) is 72.9 cm³/mol. The van der Waals surface area contributed by atoms with Crippen molar-refractivity contribution in [3.8, 4) is 0 Å². The Labute approximate surface area is 118 Å². The second kappa shape index (κ2) is 6.00. The number of amides is 3. The molecule has 6 nitrogen and oxygen atoms in total. The van der Waals surface area contributed by atoms with Crippen molar-refractivity contribution in [3.63, 3.8) is 0 Å². The molecule has 0 radical (unpaired) electrons. The molecule has 6 heteroatoms. The fraction of sp³-hybridized carbons (Fsp3) is 0.500. The van der Waals surface area contributed by atoms with E-state index in [-0.39, 0.29) is 11.9 Å². The van der Waals surface area contributed by atoms with Crippen molar-refractivity contribution in [1.82, 2.24) is 15.2 Å². The number of carbonyl (C=O) groups excluding carboxylic acids is 2. The van der Waals surface area contributed by atoms with Crippen LogP contribution in [0.2, 0.25) is 0 Å². The third-order valence-electron chi connectivity index (χ3n) is 3.49. The molecule has 0 saturated carbocycles. The van der Waals surface area contributed by atoms with Crippen LogP contribution in [-0.2, 0) is 15.1 Å². The van der Waals surface area contributed by atoms with Gasteiger partial charge in [0.15, 0.2) is 0 Å². The predicted octanol–water partition coefficient (Wildman–Crippen LogP) is 1.28. The number of methoxy groups -OCH3 is 1. The van der Waals surface area contributed by atoms with Gasteiger partial charge in [-0.25, -0.2) is 4.79 Å². The van der Waals surface area contributed by atoms with Gasteiger partial charge in [-0.2, -0.15) is 0 Å². The standard InChI is InChI=1S/C14H19N3O3/c1-14(11-6-5-7-15-10-11)12(18)17(13(19)16-14)8-3-4-9-20-2/h5-7,10H,3-4,8-9H2,1-2H3,(H,16,19)/t14-/m0/s1. The van der Waals surface area contributed by atoms with Crippen LogP contribution in [0.3, 0.4) is 0 Å². The highest BCUT2D eigenvalue weighted by Crippen LogP contribution is 2.28. The molecule has 20 heavy (non-hydrogen) atoms. The van der Waals surface area contributed by atoms with Gasteiger partial charge in [0.05, 0.1) is 0 Å². The molecule has 2 rings (SSSR count). The summed E-state index contributed by atoms with van der Waals surface area (Å²) < 4.78 is 4.96. The fourth-order valence-electron chi connectivity index (χ4n) is 2.27. The monoisotopic (exact) mass is 277 g/mol. The molecule has 2 heterocycles. The van der Waals surface area contributed by atoms with E-state index in [1.807, 2.05) is 0 Å². The van der Waals surface area contributed by atoms with E-state index in [0.717, 1.165) is 12.8 Å². The molecule has 1 N–H and O–H groups in total. The molecule has 3 amide bonds. The lowest BCUT2D eigenvalue weighted by Crippen LogP contribution is -2.41. The number of aromatic nitrogens is 1. The van der Waals surface area contributed by atoms with Gasteiger partial charge in [-0.1, -0.05) is 6.07 Å². The third-order valence-corrected chi connectivity index (χ3v) is 3.49. The number of hydrogen-bond donors (Lipinski definition) is 1. The van der Waals surface area contributed by atoms with E-state index in [2.05, 4.69) is 10.3 Å². The fourth-order valence-corrected chi connectivity index (χ4v) is 2.27. The van der Waals surface area contributed by atoms with Crippen molar-refractivity contribution in [3.05, 3.63) is 30.1 Å². The summed E-state index contributed by atoms with van der Waals surface area (Å²) in [5.74, 6) is -0.229. The van der Waals surface area contributed by atoms with Crippen LogP contribution >= 0.6 is 0 Å². The lowest BCUT2D eigenvalue weighted by Gasteiger charge is -2.21. The zero-order valence-electron chi connectivity index (χ0n) is 11.8. The van der Waals surface area contributed by atoms with Crippen LogP contribution in [-0.4, -0.2) is 42.1 Å². The Bertz CT molecular complexity index is 492. The van der Waals surface area contributed by atoms with Crippen LogP contribution in [0, 0.1) is 0 Å². The van der Waals surface area contributed by atoms with Gasteiger partial charge in [-0.15, -0.1) is 0 Å². The first-order chi connectivity index (χ1) is 9.59. The van der Waals surface area contributed by atoms with Crippen molar-refractivity contribution < 1.29 is 14.3 Å². The van der Waals surface area contributed by atoms with Crippen molar-refractivity contribution in [2.24, 2.45) is 0 Å². The minimum Gasteiger partial charge on any atom is -0.385 e. The van der Waals surface area contributed by atoms with E-state index >= 15 is 0 Å². The Morgan fingerprint density at radius 2 is 2.20 bits per heavy atom. The molecule has 1 fully saturated rings. The van der Waals surface area contributed by atoms with Crippen LogP contribution in [0.1, 0.15) is 25.3 Å². The quantitative estimate of drug-likeness (QED) is 0.628. The second-order valence-electron chi connectivity index (χ2n) is 4.95. The first-order valence-electron chi connectivity index (χ1n) is 6.63. The summed E-state index contributed by atoms with van der Waals surface area (Å²) >= 11 is 0. The molecule has 0 unspecified atom stereocenters. The molecule has 1 aliphatic heterocycles. The number of carbonyl (C=O) groups is 2. The van der Waals surface area contributed by atoms with E-state index < -0.39 is 5.54 Å². The average molecular weight is 277 g/mol. The van der Waals surface area contributed by atoms with Crippen LogP contribution in [0.15, 0.2) is 24.5 Å². The van der Waals surface area contributed by atoms with E-state index in [0.29, 0.717) is 18.7 Å². The third kappa shape index (κ3) is 2.65.